The van der Waals surface area contributed by atoms with Gasteiger partial charge in [0.05, 0.1) is 7.11 Å². The quantitative estimate of drug-likeness (QED) is 0.369. The van der Waals surface area contributed by atoms with Crippen LogP contribution < -0.4 is 9.47 Å². The van der Waals surface area contributed by atoms with E-state index in [9.17, 15) is 0 Å². The normalized spacial score (nSPS) is 19.4. The van der Waals surface area contributed by atoms with Gasteiger partial charge in [-0.2, -0.15) is 0 Å². The Morgan fingerprint density at radius 2 is 1.76 bits per heavy atom. The molecule has 1 aliphatic carbocycles. The van der Waals surface area contributed by atoms with E-state index in [1.807, 2.05) is 17.8 Å². The Bertz CT molecular complexity index is 1110. The van der Waals surface area contributed by atoms with Crippen molar-refractivity contribution in [1.29, 1.82) is 0 Å². The largest absolute Gasteiger partial charge is 0.493 e. The summed E-state index contributed by atoms with van der Waals surface area (Å²) < 4.78 is 12.1. The van der Waals surface area contributed by atoms with Crippen LogP contribution in [0.3, 0.4) is 0 Å². The molecule has 0 aromatic heterocycles. The zero-order chi connectivity index (χ0) is 22.8. The Morgan fingerprint density at radius 1 is 1.00 bits per heavy atom. The first-order valence-corrected chi connectivity index (χ1v) is 13.1. The highest BCUT2D eigenvalue weighted by atomic mass is 32.2. The van der Waals surface area contributed by atoms with Crippen LogP contribution in [0.2, 0.25) is 0 Å². The lowest BCUT2D eigenvalue weighted by atomic mass is 9.57. The molecule has 1 atom stereocenters. The molecule has 5 rings (SSSR count). The maximum absolute atomic E-state index is 6.33. The van der Waals surface area contributed by atoms with E-state index in [4.69, 9.17) is 9.47 Å². The summed E-state index contributed by atoms with van der Waals surface area (Å²) in [5, 5.41) is 0. The summed E-state index contributed by atoms with van der Waals surface area (Å²) in [5.74, 6) is 1.67. The Kier molecular flexibility index (Phi) is 6.40. The van der Waals surface area contributed by atoms with Gasteiger partial charge in [0, 0.05) is 22.9 Å². The Balaban J connectivity index is 1.57. The summed E-state index contributed by atoms with van der Waals surface area (Å²) >= 11 is 1.87. The van der Waals surface area contributed by atoms with Crippen molar-refractivity contribution < 1.29 is 9.47 Å². The molecule has 0 spiro atoms. The molecule has 33 heavy (non-hydrogen) atoms. The zero-order valence-electron chi connectivity index (χ0n) is 19.8. The highest BCUT2D eigenvalue weighted by Gasteiger charge is 2.50. The summed E-state index contributed by atoms with van der Waals surface area (Å²) in [6.45, 7) is 1.60. The van der Waals surface area contributed by atoms with Crippen LogP contribution in [0, 0.1) is 0 Å². The van der Waals surface area contributed by atoms with Crippen molar-refractivity contribution in [2.24, 2.45) is 0 Å². The van der Waals surface area contributed by atoms with Gasteiger partial charge in [0.25, 0.3) is 0 Å². The number of benzene rings is 3. The fourth-order valence-electron chi connectivity index (χ4n) is 5.78. The molecule has 1 unspecified atom stereocenters. The van der Waals surface area contributed by atoms with Crippen molar-refractivity contribution in [3.63, 3.8) is 0 Å². The van der Waals surface area contributed by atoms with Crippen LogP contribution in [0.25, 0.3) is 0 Å². The lowest BCUT2D eigenvalue weighted by Gasteiger charge is -2.54. The molecule has 1 heterocycles. The van der Waals surface area contributed by atoms with Crippen molar-refractivity contribution in [3.05, 3.63) is 89.0 Å². The molecule has 4 heteroatoms. The Morgan fingerprint density at radius 3 is 2.45 bits per heavy atom. The smallest absolute Gasteiger partial charge is 0.162 e. The molecule has 1 saturated carbocycles. The molecule has 0 radical (unpaired) electrons. The minimum absolute atomic E-state index is 0.148. The average Bonchev–Trinajstić information content (AvgIpc) is 2.83. The van der Waals surface area contributed by atoms with Crippen molar-refractivity contribution >= 4 is 11.8 Å². The first kappa shape index (κ1) is 22.4. The van der Waals surface area contributed by atoms with Crippen LogP contribution in [0.1, 0.15) is 47.6 Å². The standard InChI is InChI=1S/C29H33NO2S/c1-30-17-14-22-18-25(31-2)26(32-20-21-10-5-4-6-11-21)19-23(22)28(30)29(15-9-16-29)24-12-7-8-13-27(24)33-3/h4-8,10-13,18-19,28H,9,14-17,20H2,1-3H3. The van der Waals surface area contributed by atoms with E-state index in [1.54, 1.807) is 7.11 Å². The number of likely N-dealkylation sites (N-methyl/N-ethyl adjacent to an activating group) is 1. The molecule has 172 valence electrons. The van der Waals surface area contributed by atoms with Crippen molar-refractivity contribution in [3.8, 4) is 11.5 Å². The summed E-state index contributed by atoms with van der Waals surface area (Å²) in [4.78, 5) is 3.98. The summed E-state index contributed by atoms with van der Waals surface area (Å²) in [5.41, 5.74) is 5.62. The van der Waals surface area contributed by atoms with E-state index in [2.05, 4.69) is 78.9 Å². The van der Waals surface area contributed by atoms with Gasteiger partial charge in [0.1, 0.15) is 6.61 Å². The van der Waals surface area contributed by atoms with E-state index >= 15 is 0 Å². The van der Waals surface area contributed by atoms with Crippen LogP contribution in [0.15, 0.2) is 71.6 Å². The number of rotatable bonds is 7. The molecule has 3 aromatic carbocycles. The maximum Gasteiger partial charge on any atom is 0.162 e. The lowest BCUT2D eigenvalue weighted by Crippen LogP contribution is -2.50. The van der Waals surface area contributed by atoms with Crippen LogP contribution in [0.5, 0.6) is 11.5 Å². The molecule has 0 amide bonds. The van der Waals surface area contributed by atoms with Gasteiger partial charge in [-0.1, -0.05) is 55.0 Å². The van der Waals surface area contributed by atoms with Gasteiger partial charge in [-0.3, -0.25) is 4.90 Å². The van der Waals surface area contributed by atoms with E-state index in [0.29, 0.717) is 12.6 Å². The second-order valence-corrected chi connectivity index (χ2v) is 10.2. The van der Waals surface area contributed by atoms with Crippen LogP contribution in [0.4, 0.5) is 0 Å². The number of hydrogen-bond donors (Lipinski definition) is 0. The van der Waals surface area contributed by atoms with Crippen molar-refractivity contribution in [1.82, 2.24) is 4.90 Å². The van der Waals surface area contributed by atoms with Gasteiger partial charge in [0.15, 0.2) is 11.5 Å². The third kappa shape index (κ3) is 4.04. The second kappa shape index (κ2) is 9.44. The van der Waals surface area contributed by atoms with Crippen molar-refractivity contribution in [2.45, 2.75) is 48.6 Å². The Labute approximate surface area is 202 Å². The predicted molar refractivity (Wildman–Crippen MR) is 137 cm³/mol. The van der Waals surface area contributed by atoms with Crippen molar-refractivity contribution in [2.75, 3.05) is 27.0 Å². The monoisotopic (exact) mass is 459 g/mol. The number of methoxy groups -OCH3 is 1. The van der Waals surface area contributed by atoms with Crippen LogP contribution in [-0.4, -0.2) is 31.9 Å². The number of fused-ring (bicyclic) bond motifs is 1. The minimum atomic E-state index is 0.148. The predicted octanol–water partition coefficient (Wildman–Crippen LogP) is 6.65. The van der Waals surface area contributed by atoms with E-state index < -0.39 is 0 Å². The average molecular weight is 460 g/mol. The highest BCUT2D eigenvalue weighted by molar-refractivity contribution is 7.98. The van der Waals surface area contributed by atoms with Gasteiger partial charge < -0.3 is 9.47 Å². The summed E-state index contributed by atoms with van der Waals surface area (Å²) in [6.07, 6.45) is 6.98. The molecule has 0 N–H and O–H groups in total. The molecule has 3 aromatic rings. The molecular formula is C29H33NO2S. The molecule has 2 aliphatic rings. The lowest BCUT2D eigenvalue weighted by molar-refractivity contribution is 0.0694. The molecule has 1 fully saturated rings. The first-order valence-electron chi connectivity index (χ1n) is 11.9. The van der Waals surface area contributed by atoms with Gasteiger partial charge in [-0.25, -0.2) is 0 Å². The molecule has 0 bridgehead atoms. The van der Waals surface area contributed by atoms with E-state index in [1.165, 1.54) is 40.8 Å². The molecular weight excluding hydrogens is 426 g/mol. The fourth-order valence-corrected chi connectivity index (χ4v) is 6.49. The third-order valence-corrected chi connectivity index (χ3v) is 8.34. The van der Waals surface area contributed by atoms with Crippen LogP contribution >= 0.6 is 11.8 Å². The number of thioether (sulfide) groups is 1. The Hall–Kier alpha value is -2.43. The molecule has 0 saturated heterocycles. The van der Waals surface area contributed by atoms with Gasteiger partial charge >= 0.3 is 0 Å². The zero-order valence-corrected chi connectivity index (χ0v) is 20.7. The van der Waals surface area contributed by atoms with E-state index in [-0.39, 0.29) is 5.41 Å². The third-order valence-electron chi connectivity index (χ3n) is 7.54. The topological polar surface area (TPSA) is 21.7 Å². The van der Waals surface area contributed by atoms with Gasteiger partial charge in [-0.05, 0) is 73.0 Å². The number of nitrogens with zero attached hydrogens (tertiary/aromatic N) is 1. The highest BCUT2D eigenvalue weighted by Crippen LogP contribution is 2.58. The number of ether oxygens (including phenoxy) is 2. The SMILES string of the molecule is COc1cc2c(cc1OCc1ccccc1)C(C1(c3ccccc3SC)CCC1)N(C)CC2. The summed E-state index contributed by atoms with van der Waals surface area (Å²) in [6, 6.07) is 24.2. The molecule has 1 aliphatic heterocycles. The maximum atomic E-state index is 6.33. The van der Waals surface area contributed by atoms with Crippen LogP contribution in [-0.2, 0) is 18.4 Å². The fraction of sp³-hybridized carbons (Fsp3) is 0.379. The first-order chi connectivity index (χ1) is 16.2. The van der Waals surface area contributed by atoms with E-state index in [0.717, 1.165) is 30.0 Å². The number of hydrogen-bond acceptors (Lipinski definition) is 4. The second-order valence-electron chi connectivity index (χ2n) is 9.32. The summed E-state index contributed by atoms with van der Waals surface area (Å²) in [7, 11) is 4.04. The van der Waals surface area contributed by atoms with Gasteiger partial charge in [0.2, 0.25) is 0 Å². The molecule has 3 nitrogen and oxygen atoms in total. The van der Waals surface area contributed by atoms with Gasteiger partial charge in [-0.15, -0.1) is 11.8 Å². The minimum Gasteiger partial charge on any atom is -0.493 e.